The van der Waals surface area contributed by atoms with Crippen molar-refractivity contribution in [3.05, 3.63) is 0 Å². The molecule has 0 saturated heterocycles. The molecule has 6 nitrogen and oxygen atoms in total. The topological polar surface area (TPSA) is 78.9 Å². The first-order chi connectivity index (χ1) is 39.5. The van der Waals surface area contributed by atoms with E-state index in [2.05, 4.69) is 20.8 Å². The third kappa shape index (κ3) is 67.2. The lowest BCUT2D eigenvalue weighted by molar-refractivity contribution is -0.167. The van der Waals surface area contributed by atoms with Crippen LogP contribution in [0.4, 0.5) is 0 Å². The molecule has 6 heteroatoms. The number of ether oxygens (including phenoxy) is 3. The van der Waals surface area contributed by atoms with E-state index >= 15 is 0 Å². The lowest BCUT2D eigenvalue weighted by Gasteiger charge is -2.18. The van der Waals surface area contributed by atoms with Crippen molar-refractivity contribution >= 4 is 17.9 Å². The van der Waals surface area contributed by atoms with Gasteiger partial charge in [-0.25, -0.2) is 0 Å². The van der Waals surface area contributed by atoms with Crippen molar-refractivity contribution in [2.24, 2.45) is 0 Å². The van der Waals surface area contributed by atoms with Crippen LogP contribution < -0.4 is 0 Å². The Balaban J connectivity index is 3.86. The molecule has 0 heterocycles. The first-order valence-electron chi connectivity index (χ1n) is 37.0. The number of carbonyl (C=O) groups excluding carboxylic acids is 3. The van der Waals surface area contributed by atoms with E-state index in [-0.39, 0.29) is 31.1 Å². The first kappa shape index (κ1) is 78.4. The molecule has 80 heavy (non-hydrogen) atoms. The molecule has 0 N–H and O–H groups in total. The average Bonchev–Trinajstić information content (AvgIpc) is 3.46. The van der Waals surface area contributed by atoms with Crippen molar-refractivity contribution < 1.29 is 28.6 Å². The highest BCUT2D eigenvalue weighted by Gasteiger charge is 2.20. The number of carbonyl (C=O) groups is 3. The van der Waals surface area contributed by atoms with Gasteiger partial charge in [-0.3, -0.25) is 14.4 Å². The Morgan fingerprint density at radius 3 is 0.500 bits per heavy atom. The van der Waals surface area contributed by atoms with Gasteiger partial charge in [-0.2, -0.15) is 0 Å². The fourth-order valence-corrected chi connectivity index (χ4v) is 11.8. The Hall–Kier alpha value is -1.59. The monoisotopic (exact) mass is 1130 g/mol. The number of esters is 3. The maximum absolute atomic E-state index is 12.9. The standard InChI is InChI=1S/C74H144O6/c1-4-7-10-13-15-17-19-21-23-25-27-29-31-33-35-36-37-38-39-41-42-44-46-48-50-52-54-56-58-61-64-67-73(76)79-70-71(69-78-72(75)66-63-60-12-9-6-3)80-74(77)68-65-62-59-57-55-53-51-49-47-45-43-40-34-32-30-28-26-24-22-20-18-16-14-11-8-5-2/h71H,4-70H2,1-3H3. The zero-order valence-corrected chi connectivity index (χ0v) is 54.9. The number of unbranched alkanes of at least 4 members (excludes halogenated alkanes) is 59. The molecule has 476 valence electrons. The molecule has 0 bridgehead atoms. The van der Waals surface area contributed by atoms with E-state index < -0.39 is 6.10 Å². The molecule has 0 rings (SSSR count). The van der Waals surface area contributed by atoms with Crippen LogP contribution in [0.25, 0.3) is 0 Å². The fourth-order valence-electron chi connectivity index (χ4n) is 11.8. The molecule has 0 saturated carbocycles. The van der Waals surface area contributed by atoms with Crippen LogP contribution in [0, 0.1) is 0 Å². The molecule has 0 fully saturated rings. The predicted octanol–water partition coefficient (Wildman–Crippen LogP) is 25.4. The molecule has 1 unspecified atom stereocenters. The van der Waals surface area contributed by atoms with Crippen molar-refractivity contribution in [2.75, 3.05) is 13.2 Å². The van der Waals surface area contributed by atoms with Crippen molar-refractivity contribution in [3.63, 3.8) is 0 Å². The largest absolute Gasteiger partial charge is 0.462 e. The third-order valence-electron chi connectivity index (χ3n) is 17.4. The molecule has 0 spiro atoms. The molecular formula is C74H144O6. The van der Waals surface area contributed by atoms with Crippen LogP contribution in [0.2, 0.25) is 0 Å². The molecule has 0 aliphatic rings. The van der Waals surface area contributed by atoms with Crippen LogP contribution in [0.1, 0.15) is 438 Å². The first-order valence-corrected chi connectivity index (χ1v) is 37.0. The van der Waals surface area contributed by atoms with Crippen LogP contribution >= 0.6 is 0 Å². The number of hydrogen-bond acceptors (Lipinski definition) is 6. The Kier molecular flexibility index (Phi) is 68.5. The van der Waals surface area contributed by atoms with E-state index in [1.165, 1.54) is 334 Å². The lowest BCUT2D eigenvalue weighted by Crippen LogP contribution is -2.30. The zero-order chi connectivity index (χ0) is 57.8. The van der Waals surface area contributed by atoms with Crippen LogP contribution in [-0.2, 0) is 28.6 Å². The summed E-state index contributed by atoms with van der Waals surface area (Å²) in [6.45, 7) is 6.66. The second-order valence-corrected chi connectivity index (χ2v) is 25.6. The quantitative estimate of drug-likeness (QED) is 0.0343. The molecule has 0 aromatic carbocycles. The molecule has 1 atom stereocenters. The van der Waals surface area contributed by atoms with Gasteiger partial charge in [-0.1, -0.05) is 400 Å². The van der Waals surface area contributed by atoms with Crippen LogP contribution in [0.3, 0.4) is 0 Å². The maximum Gasteiger partial charge on any atom is 0.306 e. The van der Waals surface area contributed by atoms with Crippen molar-refractivity contribution in [2.45, 2.75) is 444 Å². The fraction of sp³-hybridized carbons (Fsp3) is 0.959. The lowest BCUT2D eigenvalue weighted by atomic mass is 10.0. The maximum atomic E-state index is 12.9. The molecule has 0 aromatic rings. The van der Waals surface area contributed by atoms with E-state index in [0.717, 1.165) is 64.2 Å². The average molecular weight is 1130 g/mol. The van der Waals surface area contributed by atoms with E-state index in [1.807, 2.05) is 0 Å². The number of rotatable bonds is 70. The highest BCUT2D eigenvalue weighted by atomic mass is 16.6. The van der Waals surface area contributed by atoms with E-state index in [4.69, 9.17) is 14.2 Å². The Bertz CT molecular complexity index is 1200. The molecule has 0 aliphatic carbocycles. The molecule has 0 radical (unpaired) electrons. The molecular weight excluding hydrogens is 985 g/mol. The summed E-state index contributed by atoms with van der Waals surface area (Å²) in [5, 5.41) is 0. The second kappa shape index (κ2) is 69.9. The summed E-state index contributed by atoms with van der Waals surface area (Å²) in [5.41, 5.74) is 0. The zero-order valence-electron chi connectivity index (χ0n) is 54.9. The van der Waals surface area contributed by atoms with Gasteiger partial charge in [0.25, 0.3) is 0 Å². The van der Waals surface area contributed by atoms with Gasteiger partial charge in [0.05, 0.1) is 0 Å². The van der Waals surface area contributed by atoms with Crippen molar-refractivity contribution in [1.29, 1.82) is 0 Å². The minimum Gasteiger partial charge on any atom is -0.462 e. The van der Waals surface area contributed by atoms with Crippen LogP contribution in [-0.4, -0.2) is 37.2 Å². The van der Waals surface area contributed by atoms with Gasteiger partial charge in [0.15, 0.2) is 6.10 Å². The van der Waals surface area contributed by atoms with Gasteiger partial charge in [-0.15, -0.1) is 0 Å². The summed E-state index contributed by atoms with van der Waals surface area (Å²) in [5.74, 6) is -0.841. The van der Waals surface area contributed by atoms with Crippen molar-refractivity contribution in [3.8, 4) is 0 Å². The van der Waals surface area contributed by atoms with Gasteiger partial charge >= 0.3 is 17.9 Å². The Labute approximate surface area is 501 Å². The normalized spacial score (nSPS) is 11.9. The molecule has 0 aromatic heterocycles. The van der Waals surface area contributed by atoms with Crippen molar-refractivity contribution in [1.82, 2.24) is 0 Å². The minimum atomic E-state index is -0.761. The third-order valence-corrected chi connectivity index (χ3v) is 17.4. The minimum absolute atomic E-state index is 0.0620. The summed E-state index contributed by atoms with van der Waals surface area (Å²) in [6, 6.07) is 0. The highest BCUT2D eigenvalue weighted by Crippen LogP contribution is 2.20. The van der Waals surface area contributed by atoms with Gasteiger partial charge < -0.3 is 14.2 Å². The Morgan fingerprint density at radius 1 is 0.200 bits per heavy atom. The summed E-state index contributed by atoms with van der Waals surface area (Å²) in [6.07, 6.45) is 83.6. The van der Waals surface area contributed by atoms with Gasteiger partial charge in [-0.05, 0) is 19.3 Å². The smallest absolute Gasteiger partial charge is 0.306 e. The summed E-state index contributed by atoms with van der Waals surface area (Å²) < 4.78 is 16.8. The van der Waals surface area contributed by atoms with Gasteiger partial charge in [0.1, 0.15) is 13.2 Å². The molecule has 0 aliphatic heterocycles. The van der Waals surface area contributed by atoms with Gasteiger partial charge in [0.2, 0.25) is 0 Å². The highest BCUT2D eigenvalue weighted by molar-refractivity contribution is 5.71. The molecule has 0 amide bonds. The summed E-state index contributed by atoms with van der Waals surface area (Å²) in [4.78, 5) is 38.0. The SMILES string of the molecule is CCCCCCCCCCCCCCCCCCCCCCCCCCCCCCCCCC(=O)OCC(COC(=O)CCCCCCC)OC(=O)CCCCCCCCCCCCCCCCCCCCCCCCCCCC. The summed E-state index contributed by atoms with van der Waals surface area (Å²) >= 11 is 0. The summed E-state index contributed by atoms with van der Waals surface area (Å²) in [7, 11) is 0. The van der Waals surface area contributed by atoms with E-state index in [1.54, 1.807) is 0 Å². The van der Waals surface area contributed by atoms with E-state index in [9.17, 15) is 14.4 Å². The van der Waals surface area contributed by atoms with E-state index in [0.29, 0.717) is 19.3 Å². The van der Waals surface area contributed by atoms with Crippen LogP contribution in [0.15, 0.2) is 0 Å². The Morgan fingerprint density at radius 2 is 0.338 bits per heavy atom. The second-order valence-electron chi connectivity index (χ2n) is 25.6. The number of hydrogen-bond donors (Lipinski definition) is 0. The van der Waals surface area contributed by atoms with Gasteiger partial charge in [0, 0.05) is 19.3 Å². The predicted molar refractivity (Wildman–Crippen MR) is 349 cm³/mol. The van der Waals surface area contributed by atoms with Crippen LogP contribution in [0.5, 0.6) is 0 Å².